The highest BCUT2D eigenvalue weighted by atomic mass is 19.1. The summed E-state index contributed by atoms with van der Waals surface area (Å²) in [6.07, 6.45) is 0. The Labute approximate surface area is 78.5 Å². The maximum absolute atomic E-state index is 13.0. The molecule has 0 unspecified atom stereocenters. The lowest BCUT2D eigenvalue weighted by Crippen LogP contribution is -2.13. The van der Waals surface area contributed by atoms with Gasteiger partial charge in [-0.05, 0) is 12.1 Å². The van der Waals surface area contributed by atoms with Gasteiger partial charge < -0.3 is 5.73 Å². The third-order valence-corrected chi connectivity index (χ3v) is 1.65. The Morgan fingerprint density at radius 3 is 2.64 bits per heavy atom. The van der Waals surface area contributed by atoms with Gasteiger partial charge in [-0.3, -0.25) is 14.9 Å². The predicted molar refractivity (Wildman–Crippen MR) is 46.4 cm³/mol. The van der Waals surface area contributed by atoms with Crippen molar-refractivity contribution in [2.75, 3.05) is 6.54 Å². The van der Waals surface area contributed by atoms with Gasteiger partial charge in [-0.15, -0.1) is 0 Å². The van der Waals surface area contributed by atoms with Gasteiger partial charge >= 0.3 is 5.69 Å². The Morgan fingerprint density at radius 1 is 1.57 bits per heavy atom. The lowest BCUT2D eigenvalue weighted by molar-refractivity contribution is -0.387. The lowest BCUT2D eigenvalue weighted by Gasteiger charge is -1.98. The molecule has 14 heavy (non-hydrogen) atoms. The van der Waals surface area contributed by atoms with E-state index in [-0.39, 0.29) is 12.1 Å². The van der Waals surface area contributed by atoms with Crippen LogP contribution in [-0.2, 0) is 0 Å². The Bertz CT molecular complexity index is 392. The van der Waals surface area contributed by atoms with Gasteiger partial charge in [0.1, 0.15) is 0 Å². The number of carbonyl (C=O) groups is 1. The van der Waals surface area contributed by atoms with Crippen LogP contribution in [0.4, 0.5) is 10.1 Å². The number of hydrogen-bond acceptors (Lipinski definition) is 4. The van der Waals surface area contributed by atoms with Crippen LogP contribution in [0, 0.1) is 15.9 Å². The van der Waals surface area contributed by atoms with Crippen molar-refractivity contribution in [3.63, 3.8) is 0 Å². The van der Waals surface area contributed by atoms with Gasteiger partial charge in [-0.2, -0.15) is 4.39 Å². The van der Waals surface area contributed by atoms with Crippen LogP contribution in [0.2, 0.25) is 0 Å². The van der Waals surface area contributed by atoms with Crippen LogP contribution in [0.5, 0.6) is 0 Å². The molecular weight excluding hydrogens is 191 g/mol. The number of ketones is 1. The number of halogens is 1. The minimum Gasteiger partial charge on any atom is -0.324 e. The first-order valence-corrected chi connectivity index (χ1v) is 3.73. The summed E-state index contributed by atoms with van der Waals surface area (Å²) < 4.78 is 13.0. The van der Waals surface area contributed by atoms with Crippen molar-refractivity contribution in [1.29, 1.82) is 0 Å². The van der Waals surface area contributed by atoms with Gasteiger partial charge in [0.15, 0.2) is 5.78 Å². The van der Waals surface area contributed by atoms with E-state index in [1.54, 1.807) is 0 Å². The van der Waals surface area contributed by atoms with Crippen LogP contribution in [0.15, 0.2) is 18.2 Å². The molecule has 0 spiro atoms. The number of nitro groups is 1. The van der Waals surface area contributed by atoms with E-state index in [4.69, 9.17) is 5.73 Å². The van der Waals surface area contributed by atoms with Crippen molar-refractivity contribution in [2.45, 2.75) is 0 Å². The third-order valence-electron chi connectivity index (χ3n) is 1.65. The fourth-order valence-electron chi connectivity index (χ4n) is 0.946. The molecule has 2 N–H and O–H groups in total. The summed E-state index contributed by atoms with van der Waals surface area (Å²) in [5.41, 5.74) is 4.43. The normalized spacial score (nSPS) is 9.86. The van der Waals surface area contributed by atoms with E-state index in [1.807, 2.05) is 0 Å². The van der Waals surface area contributed by atoms with E-state index in [1.165, 1.54) is 6.07 Å². The fourth-order valence-corrected chi connectivity index (χ4v) is 0.946. The smallest absolute Gasteiger partial charge is 0.304 e. The average molecular weight is 198 g/mol. The number of Topliss-reactive ketones (excluding diaryl/α,β-unsaturated/α-hetero) is 1. The first kappa shape index (κ1) is 10.3. The Balaban J connectivity index is 3.12. The highest BCUT2D eigenvalue weighted by Crippen LogP contribution is 2.17. The summed E-state index contributed by atoms with van der Waals surface area (Å²) >= 11 is 0. The number of nitrogens with two attached hydrogens (primary N) is 1. The van der Waals surface area contributed by atoms with Gasteiger partial charge in [0.2, 0.25) is 5.82 Å². The second-order valence-corrected chi connectivity index (χ2v) is 2.55. The van der Waals surface area contributed by atoms with Gasteiger partial charge in [0.25, 0.3) is 0 Å². The van der Waals surface area contributed by atoms with Crippen molar-refractivity contribution in [2.24, 2.45) is 5.73 Å². The molecular formula is C8H7FN2O3. The van der Waals surface area contributed by atoms with Crippen LogP contribution in [0.3, 0.4) is 0 Å². The Hall–Kier alpha value is -1.82. The molecule has 0 aromatic heterocycles. The molecule has 0 bridgehead atoms. The third kappa shape index (κ3) is 1.91. The molecule has 1 rings (SSSR count). The molecule has 1 aromatic rings. The summed E-state index contributed by atoms with van der Waals surface area (Å²) in [6, 6.07) is 2.93. The van der Waals surface area contributed by atoms with Crippen molar-refractivity contribution in [3.8, 4) is 0 Å². The van der Waals surface area contributed by atoms with Gasteiger partial charge in [-0.25, -0.2) is 0 Å². The molecule has 0 fully saturated rings. The van der Waals surface area contributed by atoms with E-state index >= 15 is 0 Å². The summed E-state index contributed by atoms with van der Waals surface area (Å²) in [6.45, 7) is -0.253. The standard InChI is InChI=1S/C8H7FN2O3/c9-6-3-5(8(12)4-10)1-2-7(6)11(13)14/h1-3H,4,10H2. The molecule has 5 nitrogen and oxygen atoms in total. The number of benzene rings is 1. The minimum absolute atomic E-state index is 0.0376. The second-order valence-electron chi connectivity index (χ2n) is 2.55. The summed E-state index contributed by atoms with van der Waals surface area (Å²) in [5, 5.41) is 10.2. The number of nitro benzene ring substituents is 1. The molecule has 0 aliphatic carbocycles. The minimum atomic E-state index is -1.03. The lowest BCUT2D eigenvalue weighted by atomic mass is 10.1. The quantitative estimate of drug-likeness (QED) is 0.443. The van der Waals surface area contributed by atoms with E-state index < -0.39 is 22.2 Å². The van der Waals surface area contributed by atoms with Crippen molar-refractivity contribution >= 4 is 11.5 Å². The predicted octanol–water partition coefficient (Wildman–Crippen LogP) is 0.875. The molecule has 0 amide bonds. The number of nitrogens with zero attached hydrogens (tertiary/aromatic N) is 1. The monoisotopic (exact) mass is 198 g/mol. The molecule has 0 saturated carbocycles. The molecule has 0 aliphatic heterocycles. The van der Waals surface area contributed by atoms with Crippen LogP contribution in [0.25, 0.3) is 0 Å². The van der Waals surface area contributed by atoms with E-state index in [9.17, 15) is 19.3 Å². The topological polar surface area (TPSA) is 86.2 Å². The highest BCUT2D eigenvalue weighted by molar-refractivity contribution is 5.97. The summed E-state index contributed by atoms with van der Waals surface area (Å²) in [7, 11) is 0. The molecule has 0 heterocycles. The maximum atomic E-state index is 13.0. The van der Waals surface area contributed by atoms with E-state index in [0.717, 1.165) is 12.1 Å². The number of carbonyl (C=O) groups excluding carboxylic acids is 1. The van der Waals surface area contributed by atoms with E-state index in [2.05, 4.69) is 0 Å². The molecule has 0 saturated heterocycles. The zero-order valence-electron chi connectivity index (χ0n) is 7.07. The number of rotatable bonds is 3. The first-order chi connectivity index (χ1) is 6.56. The van der Waals surface area contributed by atoms with Crippen LogP contribution in [-0.4, -0.2) is 17.3 Å². The Kier molecular flexibility index (Phi) is 2.88. The molecule has 74 valence electrons. The van der Waals surface area contributed by atoms with Crippen molar-refractivity contribution in [1.82, 2.24) is 0 Å². The van der Waals surface area contributed by atoms with Crippen LogP contribution in [0.1, 0.15) is 10.4 Å². The second kappa shape index (κ2) is 3.93. The van der Waals surface area contributed by atoms with Gasteiger partial charge in [0, 0.05) is 11.6 Å². The zero-order chi connectivity index (χ0) is 10.7. The average Bonchev–Trinajstić information content (AvgIpc) is 2.15. The maximum Gasteiger partial charge on any atom is 0.304 e. The summed E-state index contributed by atoms with van der Waals surface area (Å²) in [4.78, 5) is 20.4. The molecule has 0 atom stereocenters. The van der Waals surface area contributed by atoms with Gasteiger partial charge in [0.05, 0.1) is 11.5 Å². The zero-order valence-corrected chi connectivity index (χ0v) is 7.07. The molecule has 0 aliphatic rings. The largest absolute Gasteiger partial charge is 0.324 e. The number of hydrogen-bond donors (Lipinski definition) is 1. The summed E-state index contributed by atoms with van der Waals surface area (Å²) in [5.74, 6) is -1.49. The SMILES string of the molecule is NCC(=O)c1ccc([N+](=O)[O-])c(F)c1. The Morgan fingerprint density at radius 2 is 2.21 bits per heavy atom. The molecule has 6 heteroatoms. The van der Waals surface area contributed by atoms with Crippen LogP contribution >= 0.6 is 0 Å². The van der Waals surface area contributed by atoms with Crippen LogP contribution < -0.4 is 5.73 Å². The van der Waals surface area contributed by atoms with Crippen molar-refractivity contribution < 1.29 is 14.1 Å². The molecule has 1 aromatic carbocycles. The van der Waals surface area contributed by atoms with Gasteiger partial charge in [-0.1, -0.05) is 0 Å². The molecule has 0 radical (unpaired) electrons. The van der Waals surface area contributed by atoms with E-state index in [0.29, 0.717) is 0 Å². The first-order valence-electron chi connectivity index (χ1n) is 3.73. The van der Waals surface area contributed by atoms with Crippen molar-refractivity contribution in [3.05, 3.63) is 39.7 Å². The fraction of sp³-hybridized carbons (Fsp3) is 0.125. The highest BCUT2D eigenvalue weighted by Gasteiger charge is 2.15.